The third-order valence-electron chi connectivity index (χ3n) is 3.00. The van der Waals surface area contributed by atoms with Gasteiger partial charge in [-0.2, -0.15) is 0 Å². The summed E-state index contributed by atoms with van der Waals surface area (Å²) in [5.41, 5.74) is 1.19. The van der Waals surface area contributed by atoms with Crippen LogP contribution in [-0.2, 0) is 6.54 Å². The second-order valence-corrected chi connectivity index (χ2v) is 5.00. The van der Waals surface area contributed by atoms with Crippen LogP contribution >= 0.6 is 11.6 Å². The molecular formula is C14H23ClN2. The van der Waals surface area contributed by atoms with Gasteiger partial charge in [-0.05, 0) is 32.0 Å². The number of nitrogens with zero attached hydrogens (tertiary/aromatic N) is 1. The van der Waals surface area contributed by atoms with Crippen molar-refractivity contribution in [3.05, 3.63) is 34.9 Å². The molecule has 1 N–H and O–H groups in total. The summed E-state index contributed by atoms with van der Waals surface area (Å²) in [7, 11) is 2.13. The number of hydrogen-bond donors (Lipinski definition) is 1. The van der Waals surface area contributed by atoms with E-state index in [0.717, 1.165) is 24.7 Å². The van der Waals surface area contributed by atoms with E-state index in [0.29, 0.717) is 6.04 Å². The Morgan fingerprint density at radius 1 is 1.35 bits per heavy atom. The van der Waals surface area contributed by atoms with Crippen LogP contribution in [-0.4, -0.2) is 31.1 Å². The number of hydrogen-bond acceptors (Lipinski definition) is 2. The van der Waals surface area contributed by atoms with Crippen LogP contribution in [0.3, 0.4) is 0 Å². The molecule has 0 amide bonds. The Bertz CT molecular complexity index is 328. The topological polar surface area (TPSA) is 15.3 Å². The monoisotopic (exact) mass is 254 g/mol. The molecule has 0 fully saturated rings. The van der Waals surface area contributed by atoms with E-state index >= 15 is 0 Å². The molecule has 3 heteroatoms. The van der Waals surface area contributed by atoms with E-state index in [-0.39, 0.29) is 0 Å². The second-order valence-electron chi connectivity index (χ2n) is 4.59. The van der Waals surface area contributed by atoms with Crippen molar-refractivity contribution < 1.29 is 0 Å². The van der Waals surface area contributed by atoms with Crippen LogP contribution < -0.4 is 5.32 Å². The normalized spacial score (nSPS) is 13.0. The molecule has 2 nitrogen and oxygen atoms in total. The molecule has 0 heterocycles. The van der Waals surface area contributed by atoms with E-state index in [2.05, 4.69) is 37.2 Å². The molecule has 96 valence electrons. The lowest BCUT2D eigenvalue weighted by atomic mass is 10.2. The Hall–Kier alpha value is -0.570. The number of likely N-dealkylation sites (N-methyl/N-ethyl adjacent to an activating group) is 1. The molecule has 1 unspecified atom stereocenters. The van der Waals surface area contributed by atoms with Gasteiger partial charge in [0.2, 0.25) is 0 Å². The fraction of sp³-hybridized carbons (Fsp3) is 0.571. The van der Waals surface area contributed by atoms with E-state index in [1.165, 1.54) is 12.0 Å². The van der Waals surface area contributed by atoms with Crippen LogP contribution in [0, 0.1) is 0 Å². The van der Waals surface area contributed by atoms with Gasteiger partial charge in [0.1, 0.15) is 0 Å². The van der Waals surface area contributed by atoms with E-state index in [1.54, 1.807) is 0 Å². The Kier molecular flexibility index (Phi) is 6.56. The van der Waals surface area contributed by atoms with Gasteiger partial charge in [-0.3, -0.25) is 0 Å². The molecule has 1 aromatic carbocycles. The van der Waals surface area contributed by atoms with Crippen LogP contribution in [0.2, 0.25) is 5.02 Å². The summed E-state index contributed by atoms with van der Waals surface area (Å²) in [6.45, 7) is 7.38. The largest absolute Gasteiger partial charge is 0.313 e. The molecule has 1 aromatic rings. The quantitative estimate of drug-likeness (QED) is 0.804. The molecule has 0 spiro atoms. The van der Waals surface area contributed by atoms with Crippen LogP contribution in [0.5, 0.6) is 0 Å². The summed E-state index contributed by atoms with van der Waals surface area (Å²) in [5, 5.41) is 4.34. The van der Waals surface area contributed by atoms with E-state index < -0.39 is 0 Å². The summed E-state index contributed by atoms with van der Waals surface area (Å²) in [5.74, 6) is 0. The SMILES string of the molecule is CCC(C)NCCN(C)Cc1ccccc1Cl. The molecule has 17 heavy (non-hydrogen) atoms. The van der Waals surface area contributed by atoms with Gasteiger partial charge in [-0.25, -0.2) is 0 Å². The Balaban J connectivity index is 2.30. The lowest BCUT2D eigenvalue weighted by molar-refractivity contribution is 0.317. The zero-order chi connectivity index (χ0) is 12.7. The first kappa shape index (κ1) is 14.5. The third kappa shape index (κ3) is 5.53. The second kappa shape index (κ2) is 7.70. The van der Waals surface area contributed by atoms with Crippen LogP contribution in [0.1, 0.15) is 25.8 Å². The highest BCUT2D eigenvalue weighted by atomic mass is 35.5. The first-order valence-corrected chi connectivity index (χ1v) is 6.66. The maximum absolute atomic E-state index is 6.13. The van der Waals surface area contributed by atoms with Crippen molar-refractivity contribution in [1.82, 2.24) is 10.2 Å². The minimum atomic E-state index is 0.601. The molecule has 0 radical (unpaired) electrons. The van der Waals surface area contributed by atoms with Crippen molar-refractivity contribution in [1.29, 1.82) is 0 Å². The van der Waals surface area contributed by atoms with Crippen molar-refractivity contribution in [3.8, 4) is 0 Å². The average molecular weight is 255 g/mol. The highest BCUT2D eigenvalue weighted by molar-refractivity contribution is 6.31. The smallest absolute Gasteiger partial charge is 0.0451 e. The average Bonchev–Trinajstić information content (AvgIpc) is 2.32. The maximum Gasteiger partial charge on any atom is 0.0451 e. The molecule has 0 aliphatic rings. The molecule has 0 aromatic heterocycles. The van der Waals surface area contributed by atoms with Gasteiger partial charge in [0.15, 0.2) is 0 Å². The molecule has 1 atom stereocenters. The Morgan fingerprint density at radius 3 is 2.71 bits per heavy atom. The van der Waals surface area contributed by atoms with Gasteiger partial charge in [0, 0.05) is 30.7 Å². The first-order chi connectivity index (χ1) is 8.13. The minimum absolute atomic E-state index is 0.601. The molecule has 0 aliphatic heterocycles. The first-order valence-electron chi connectivity index (χ1n) is 6.28. The van der Waals surface area contributed by atoms with Crippen molar-refractivity contribution >= 4 is 11.6 Å². The van der Waals surface area contributed by atoms with Gasteiger partial charge < -0.3 is 10.2 Å². The lowest BCUT2D eigenvalue weighted by Crippen LogP contribution is -2.33. The Labute approximate surface area is 110 Å². The van der Waals surface area contributed by atoms with E-state index in [1.807, 2.05) is 18.2 Å². The van der Waals surface area contributed by atoms with Crippen molar-refractivity contribution in [2.45, 2.75) is 32.9 Å². The van der Waals surface area contributed by atoms with Crippen LogP contribution in [0.25, 0.3) is 0 Å². The summed E-state index contributed by atoms with van der Waals surface area (Å²) in [4.78, 5) is 2.29. The van der Waals surface area contributed by atoms with Crippen LogP contribution in [0.4, 0.5) is 0 Å². The van der Waals surface area contributed by atoms with Gasteiger partial charge in [-0.1, -0.05) is 36.7 Å². The van der Waals surface area contributed by atoms with Crippen molar-refractivity contribution in [2.24, 2.45) is 0 Å². The summed E-state index contributed by atoms with van der Waals surface area (Å²) >= 11 is 6.13. The van der Waals surface area contributed by atoms with Crippen LogP contribution in [0.15, 0.2) is 24.3 Å². The van der Waals surface area contributed by atoms with Gasteiger partial charge in [-0.15, -0.1) is 0 Å². The third-order valence-corrected chi connectivity index (χ3v) is 3.37. The predicted octanol–water partition coefficient (Wildman–Crippen LogP) is 3.16. The number of rotatable bonds is 7. The number of benzene rings is 1. The fourth-order valence-electron chi connectivity index (χ4n) is 1.64. The van der Waals surface area contributed by atoms with E-state index in [4.69, 9.17) is 11.6 Å². The molecule has 0 bridgehead atoms. The van der Waals surface area contributed by atoms with Gasteiger partial charge in [0.25, 0.3) is 0 Å². The van der Waals surface area contributed by atoms with E-state index in [9.17, 15) is 0 Å². The summed E-state index contributed by atoms with van der Waals surface area (Å²) in [6.07, 6.45) is 1.17. The Morgan fingerprint density at radius 2 is 2.06 bits per heavy atom. The molecule has 0 saturated carbocycles. The fourth-order valence-corrected chi connectivity index (χ4v) is 1.84. The summed E-state index contributed by atoms with van der Waals surface area (Å²) < 4.78 is 0. The minimum Gasteiger partial charge on any atom is -0.313 e. The van der Waals surface area contributed by atoms with Gasteiger partial charge in [0.05, 0.1) is 0 Å². The number of nitrogens with one attached hydrogen (secondary N) is 1. The highest BCUT2D eigenvalue weighted by Crippen LogP contribution is 2.16. The zero-order valence-corrected chi connectivity index (χ0v) is 11.8. The molecule has 0 saturated heterocycles. The van der Waals surface area contributed by atoms with Gasteiger partial charge >= 0.3 is 0 Å². The standard InChI is InChI=1S/C14H23ClN2/c1-4-12(2)16-9-10-17(3)11-13-7-5-6-8-14(13)15/h5-8,12,16H,4,9-11H2,1-3H3. The summed E-state index contributed by atoms with van der Waals surface area (Å²) in [6, 6.07) is 8.63. The van der Waals surface area contributed by atoms with Crippen molar-refractivity contribution in [3.63, 3.8) is 0 Å². The maximum atomic E-state index is 6.13. The zero-order valence-electron chi connectivity index (χ0n) is 11.0. The predicted molar refractivity (Wildman–Crippen MR) is 75.5 cm³/mol. The molecule has 1 rings (SSSR count). The molecular weight excluding hydrogens is 232 g/mol. The molecule has 0 aliphatic carbocycles. The lowest BCUT2D eigenvalue weighted by Gasteiger charge is -2.19. The van der Waals surface area contributed by atoms with Crippen molar-refractivity contribution in [2.75, 3.05) is 20.1 Å². The highest BCUT2D eigenvalue weighted by Gasteiger charge is 2.04. The number of halogens is 1.